The van der Waals surface area contributed by atoms with E-state index in [9.17, 15) is 4.79 Å². The molecule has 1 amide bonds. The molecule has 3 aromatic rings. The maximum atomic E-state index is 11.6. The van der Waals surface area contributed by atoms with Gasteiger partial charge in [-0.3, -0.25) is 9.78 Å². The molecule has 0 aromatic carbocycles. The van der Waals surface area contributed by atoms with Gasteiger partial charge in [0.1, 0.15) is 17.1 Å². The molecule has 2 unspecified atom stereocenters. The summed E-state index contributed by atoms with van der Waals surface area (Å²) in [5.41, 5.74) is 3.90. The Kier molecular flexibility index (Phi) is 5.07. The third-order valence-corrected chi connectivity index (χ3v) is 8.59. The summed E-state index contributed by atoms with van der Waals surface area (Å²) in [5, 5.41) is 6.57. The van der Waals surface area contributed by atoms with Gasteiger partial charge in [0.05, 0.1) is 41.8 Å². The number of nitrogens with zero attached hydrogens (tertiary/aromatic N) is 4. The summed E-state index contributed by atoms with van der Waals surface area (Å²) in [5.74, 6) is 4.27. The van der Waals surface area contributed by atoms with Crippen LogP contribution < -0.4 is 20.1 Å². The number of likely N-dealkylation sites (tertiary alicyclic amines) is 1. The van der Waals surface area contributed by atoms with E-state index in [2.05, 4.69) is 42.6 Å². The molecule has 1 saturated heterocycles. The second kappa shape index (κ2) is 8.32. The fraction of sp³-hybridized carbons (Fsp3) is 0.440. The number of methoxy groups -OCH3 is 1. The van der Waals surface area contributed by atoms with Crippen LogP contribution in [0.2, 0.25) is 0 Å². The number of fused-ring (bicyclic) bond motifs is 5. The van der Waals surface area contributed by atoms with Crippen LogP contribution in [0.3, 0.4) is 0 Å². The first-order chi connectivity index (χ1) is 17.2. The minimum absolute atomic E-state index is 0.0198. The quantitative estimate of drug-likeness (QED) is 0.539. The molecule has 1 saturated carbocycles. The highest BCUT2D eigenvalue weighted by atomic mass is 32.2. The molecule has 3 aromatic heterocycles. The van der Waals surface area contributed by atoms with Gasteiger partial charge in [-0.15, -0.1) is 11.8 Å². The smallest absolute Gasteiger partial charge is 0.235 e. The van der Waals surface area contributed by atoms with E-state index in [4.69, 9.17) is 9.47 Å². The first-order valence-corrected chi connectivity index (χ1v) is 13.0. The van der Waals surface area contributed by atoms with Crippen molar-refractivity contribution in [1.82, 2.24) is 25.2 Å². The van der Waals surface area contributed by atoms with Gasteiger partial charge in [-0.2, -0.15) is 0 Å². The first-order valence-electron chi connectivity index (χ1n) is 12.0. The Labute approximate surface area is 207 Å². The van der Waals surface area contributed by atoms with Gasteiger partial charge in [0.15, 0.2) is 0 Å². The van der Waals surface area contributed by atoms with Crippen molar-refractivity contribution in [3.8, 4) is 11.6 Å². The number of anilines is 1. The molecule has 2 N–H and O–H groups in total. The number of ether oxygens (including phenoxy) is 2. The summed E-state index contributed by atoms with van der Waals surface area (Å²) in [7, 11) is 1.64. The zero-order valence-corrected chi connectivity index (χ0v) is 20.2. The van der Waals surface area contributed by atoms with Gasteiger partial charge in [0, 0.05) is 49.8 Å². The summed E-state index contributed by atoms with van der Waals surface area (Å²) in [6.07, 6.45) is 1.83. The Morgan fingerprint density at radius 1 is 1.23 bits per heavy atom. The highest BCUT2D eigenvalue weighted by Crippen LogP contribution is 2.47. The lowest BCUT2D eigenvalue weighted by atomic mass is 9.99. The maximum Gasteiger partial charge on any atom is 0.235 e. The third-order valence-electron chi connectivity index (χ3n) is 7.55. The van der Waals surface area contributed by atoms with E-state index in [1.54, 1.807) is 18.9 Å². The number of pyridine rings is 3. The van der Waals surface area contributed by atoms with Gasteiger partial charge in [0.25, 0.3) is 0 Å². The highest BCUT2D eigenvalue weighted by Gasteiger charge is 2.55. The fourth-order valence-electron chi connectivity index (χ4n) is 5.79. The second-order valence-corrected chi connectivity index (χ2v) is 10.7. The predicted octanol–water partition coefficient (Wildman–Crippen LogP) is 2.27. The summed E-state index contributed by atoms with van der Waals surface area (Å²) >= 11 is 1.54. The Hall–Kier alpha value is -2.95. The molecular weight excluding hydrogens is 464 g/mol. The Bertz CT molecular complexity index is 1320. The standard InChI is InChI=1S/C25H26N6O3S/c1-33-21-5-3-17-24(30-21)22-13(11-34-18(22)7-26-17)8-31-9-15-16(10-31)23(15)27-6-14-2-4-19-25(28-14)29-20(32)12-35-19/h2-5,7,13,15-16,23,27H,6,8-12H2,1H3,(H,28,29,32)/t13?,15-,16+,23?. The molecule has 7 rings (SSSR count). The fourth-order valence-corrected chi connectivity index (χ4v) is 6.55. The van der Waals surface area contributed by atoms with Gasteiger partial charge in [-0.05, 0) is 30.0 Å². The summed E-state index contributed by atoms with van der Waals surface area (Å²) in [6, 6.07) is 8.46. The number of hydrogen-bond acceptors (Lipinski definition) is 9. The van der Waals surface area contributed by atoms with Gasteiger partial charge in [-0.25, -0.2) is 9.97 Å². The number of nitrogens with one attached hydrogen (secondary N) is 2. The molecular formula is C25H26N6O3S. The van der Waals surface area contributed by atoms with E-state index < -0.39 is 0 Å². The van der Waals surface area contributed by atoms with Crippen molar-refractivity contribution in [2.24, 2.45) is 11.8 Å². The number of hydrogen-bond donors (Lipinski definition) is 2. The molecule has 4 atom stereocenters. The minimum atomic E-state index is 0.0198. The van der Waals surface area contributed by atoms with Crippen molar-refractivity contribution in [1.29, 1.82) is 0 Å². The van der Waals surface area contributed by atoms with Crippen molar-refractivity contribution in [2.45, 2.75) is 23.4 Å². The van der Waals surface area contributed by atoms with E-state index >= 15 is 0 Å². The zero-order chi connectivity index (χ0) is 23.5. The Morgan fingerprint density at radius 2 is 2.11 bits per heavy atom. The van der Waals surface area contributed by atoms with E-state index in [-0.39, 0.29) is 11.8 Å². The second-order valence-electron chi connectivity index (χ2n) is 9.70. The SMILES string of the molecule is COc1ccc2ncc3c(c2n1)C(CN1C[C@@H]2C(NCc4ccc5c(n4)NC(=O)CS5)[C@@H]2C1)CO3. The first kappa shape index (κ1) is 21.3. The van der Waals surface area contributed by atoms with Gasteiger partial charge in [0.2, 0.25) is 11.8 Å². The van der Waals surface area contributed by atoms with E-state index in [0.29, 0.717) is 41.9 Å². The lowest BCUT2D eigenvalue weighted by Gasteiger charge is -2.23. The number of thioether (sulfide) groups is 1. The molecule has 4 aliphatic rings. The topological polar surface area (TPSA) is 102 Å². The van der Waals surface area contributed by atoms with Crippen molar-refractivity contribution >= 4 is 34.5 Å². The van der Waals surface area contributed by atoms with Crippen molar-refractivity contribution < 1.29 is 14.3 Å². The van der Waals surface area contributed by atoms with E-state index in [1.807, 2.05) is 18.3 Å². The number of carbonyl (C=O) groups excluding carboxylic acids is 1. The van der Waals surface area contributed by atoms with Crippen LogP contribution in [0, 0.1) is 11.8 Å². The molecule has 35 heavy (non-hydrogen) atoms. The molecule has 0 bridgehead atoms. The number of piperidine rings is 1. The lowest BCUT2D eigenvalue weighted by Crippen LogP contribution is -2.34. The molecule has 10 heteroatoms. The van der Waals surface area contributed by atoms with Crippen LogP contribution in [0.5, 0.6) is 11.6 Å². The maximum absolute atomic E-state index is 11.6. The van der Waals surface area contributed by atoms with E-state index in [1.165, 1.54) is 0 Å². The van der Waals surface area contributed by atoms with Crippen LogP contribution in [-0.2, 0) is 11.3 Å². The predicted molar refractivity (Wildman–Crippen MR) is 132 cm³/mol. The Morgan fingerprint density at radius 3 is 2.97 bits per heavy atom. The largest absolute Gasteiger partial charge is 0.491 e. The van der Waals surface area contributed by atoms with Crippen LogP contribution in [0.25, 0.3) is 11.0 Å². The van der Waals surface area contributed by atoms with Crippen LogP contribution in [0.1, 0.15) is 17.2 Å². The van der Waals surface area contributed by atoms with Gasteiger partial charge >= 0.3 is 0 Å². The number of aromatic nitrogens is 3. The van der Waals surface area contributed by atoms with E-state index in [0.717, 1.165) is 59.1 Å². The number of carbonyl (C=O) groups is 1. The monoisotopic (exact) mass is 490 g/mol. The molecule has 1 aliphatic carbocycles. The van der Waals surface area contributed by atoms with Crippen molar-refractivity contribution in [3.05, 3.63) is 41.7 Å². The zero-order valence-electron chi connectivity index (χ0n) is 19.4. The summed E-state index contributed by atoms with van der Waals surface area (Å²) in [4.78, 5) is 29.1. The average molecular weight is 491 g/mol. The van der Waals surface area contributed by atoms with Crippen LogP contribution in [0.4, 0.5) is 5.82 Å². The molecule has 2 fully saturated rings. The summed E-state index contributed by atoms with van der Waals surface area (Å²) in [6.45, 7) is 4.55. The van der Waals surface area contributed by atoms with Crippen LogP contribution in [0.15, 0.2) is 35.4 Å². The van der Waals surface area contributed by atoms with Crippen molar-refractivity contribution in [3.63, 3.8) is 0 Å². The third kappa shape index (κ3) is 3.80. The molecule has 0 radical (unpaired) electrons. The normalized spacial score (nSPS) is 26.6. The lowest BCUT2D eigenvalue weighted by molar-refractivity contribution is -0.113. The molecule has 180 valence electrons. The Balaban J connectivity index is 0.972. The highest BCUT2D eigenvalue weighted by molar-refractivity contribution is 8.00. The van der Waals surface area contributed by atoms with Crippen molar-refractivity contribution in [2.75, 3.05) is 44.4 Å². The van der Waals surface area contributed by atoms with Crippen LogP contribution in [-0.4, -0.2) is 70.9 Å². The molecule has 0 spiro atoms. The van der Waals surface area contributed by atoms with Gasteiger partial charge < -0.3 is 25.0 Å². The molecule has 9 nitrogen and oxygen atoms in total. The molecule has 6 heterocycles. The average Bonchev–Trinajstić information content (AvgIpc) is 3.18. The summed E-state index contributed by atoms with van der Waals surface area (Å²) < 4.78 is 11.3. The van der Waals surface area contributed by atoms with Crippen LogP contribution >= 0.6 is 11.8 Å². The molecule has 3 aliphatic heterocycles. The number of rotatable bonds is 6. The minimum Gasteiger partial charge on any atom is -0.491 e. The number of amides is 1. The van der Waals surface area contributed by atoms with Gasteiger partial charge in [-0.1, -0.05) is 0 Å².